The highest BCUT2D eigenvalue weighted by Crippen LogP contribution is 2.13. The predicted molar refractivity (Wildman–Crippen MR) is 127 cm³/mol. The number of furan rings is 1. The number of aliphatic imine (C=N–C) groups is 1. The molecule has 7 heteroatoms. The van der Waals surface area contributed by atoms with Crippen molar-refractivity contribution >= 4 is 41.5 Å². The van der Waals surface area contributed by atoms with Crippen LogP contribution in [0, 0.1) is 0 Å². The van der Waals surface area contributed by atoms with Crippen LogP contribution in [0.25, 0.3) is 0 Å². The number of guanidine groups is 1. The molecule has 152 valence electrons. The van der Waals surface area contributed by atoms with Gasteiger partial charge in [-0.05, 0) is 42.3 Å². The van der Waals surface area contributed by atoms with E-state index in [2.05, 4.69) is 33.1 Å². The maximum Gasteiger partial charge on any atom is 0.291 e. The van der Waals surface area contributed by atoms with E-state index < -0.39 is 0 Å². The Hall–Kier alpha value is -2.81. The lowest BCUT2D eigenvalue weighted by atomic mass is 10.2. The molecule has 0 radical (unpaired) electrons. The van der Waals surface area contributed by atoms with Gasteiger partial charge in [-0.25, -0.2) is 4.99 Å². The van der Waals surface area contributed by atoms with Crippen LogP contribution in [0.2, 0.25) is 0 Å². The minimum Gasteiger partial charge on any atom is -0.459 e. The largest absolute Gasteiger partial charge is 0.459 e. The van der Waals surface area contributed by atoms with Crippen LogP contribution < -0.4 is 16.0 Å². The standard InChI is InChI=1S/C22H24N4O2.HI/c1-2-23-22(24-15-17-8-4-3-5-9-17)25-16-18-10-6-11-19(14-18)26-21(27)20-12-7-13-28-20;/h3-14H,2,15-16H2,1H3,(H,26,27)(H2,23,24,25);1H. The number of rotatable bonds is 7. The monoisotopic (exact) mass is 504 g/mol. The van der Waals surface area contributed by atoms with Crippen LogP contribution in [0.3, 0.4) is 0 Å². The van der Waals surface area contributed by atoms with Gasteiger partial charge < -0.3 is 20.4 Å². The van der Waals surface area contributed by atoms with Gasteiger partial charge in [-0.1, -0.05) is 42.5 Å². The number of nitrogens with zero attached hydrogens (tertiary/aromatic N) is 1. The van der Waals surface area contributed by atoms with Gasteiger partial charge in [0, 0.05) is 18.8 Å². The van der Waals surface area contributed by atoms with Gasteiger partial charge in [0.15, 0.2) is 11.7 Å². The summed E-state index contributed by atoms with van der Waals surface area (Å²) in [6, 6.07) is 21.1. The molecule has 1 heterocycles. The Bertz CT molecular complexity index is 912. The highest BCUT2D eigenvalue weighted by Gasteiger charge is 2.08. The second-order valence-electron chi connectivity index (χ2n) is 6.17. The summed E-state index contributed by atoms with van der Waals surface area (Å²) in [5, 5.41) is 9.41. The van der Waals surface area contributed by atoms with E-state index in [0.717, 1.165) is 18.1 Å². The Morgan fingerprint density at radius 1 is 0.966 bits per heavy atom. The summed E-state index contributed by atoms with van der Waals surface area (Å²) in [4.78, 5) is 16.7. The first-order chi connectivity index (χ1) is 13.7. The van der Waals surface area contributed by atoms with E-state index in [0.29, 0.717) is 18.8 Å². The lowest BCUT2D eigenvalue weighted by Crippen LogP contribution is -2.36. The highest BCUT2D eigenvalue weighted by molar-refractivity contribution is 14.0. The molecule has 0 saturated heterocycles. The lowest BCUT2D eigenvalue weighted by Gasteiger charge is -2.11. The van der Waals surface area contributed by atoms with Crippen LogP contribution in [0.15, 0.2) is 82.4 Å². The van der Waals surface area contributed by atoms with E-state index in [1.54, 1.807) is 12.1 Å². The molecule has 0 aliphatic heterocycles. The summed E-state index contributed by atoms with van der Waals surface area (Å²) in [6.07, 6.45) is 1.48. The van der Waals surface area contributed by atoms with Crippen molar-refractivity contribution < 1.29 is 9.21 Å². The minimum atomic E-state index is -0.275. The van der Waals surface area contributed by atoms with Crippen LogP contribution >= 0.6 is 24.0 Å². The molecule has 0 aliphatic rings. The van der Waals surface area contributed by atoms with Crippen LogP contribution in [0.4, 0.5) is 5.69 Å². The van der Waals surface area contributed by atoms with Crippen molar-refractivity contribution in [1.29, 1.82) is 0 Å². The van der Waals surface area contributed by atoms with Gasteiger partial charge in [0.2, 0.25) is 0 Å². The van der Waals surface area contributed by atoms with Crippen LogP contribution in [0.1, 0.15) is 28.6 Å². The summed E-state index contributed by atoms with van der Waals surface area (Å²) < 4.78 is 5.12. The molecular formula is C22H25IN4O2. The first-order valence-electron chi connectivity index (χ1n) is 9.24. The van der Waals surface area contributed by atoms with Gasteiger partial charge in [-0.15, -0.1) is 24.0 Å². The SMILES string of the molecule is CCNC(=NCc1cccc(NC(=O)c2ccco2)c1)NCc1ccccc1.I. The van der Waals surface area contributed by atoms with E-state index in [1.165, 1.54) is 11.8 Å². The average Bonchev–Trinajstić information content (AvgIpc) is 3.26. The molecule has 3 N–H and O–H groups in total. The maximum absolute atomic E-state index is 12.1. The zero-order chi connectivity index (χ0) is 19.6. The van der Waals surface area contributed by atoms with Crippen molar-refractivity contribution in [2.75, 3.05) is 11.9 Å². The third kappa shape index (κ3) is 7.26. The third-order valence-corrected chi connectivity index (χ3v) is 4.00. The summed E-state index contributed by atoms with van der Waals surface area (Å²) in [5.41, 5.74) is 2.89. The summed E-state index contributed by atoms with van der Waals surface area (Å²) in [6.45, 7) is 4.00. The normalized spacial score (nSPS) is 10.7. The van der Waals surface area contributed by atoms with Gasteiger partial charge in [0.05, 0.1) is 12.8 Å². The number of carbonyl (C=O) groups excluding carboxylic acids is 1. The van der Waals surface area contributed by atoms with E-state index in [-0.39, 0.29) is 35.6 Å². The van der Waals surface area contributed by atoms with Gasteiger partial charge in [-0.3, -0.25) is 4.79 Å². The number of carbonyl (C=O) groups is 1. The fraction of sp³-hybridized carbons (Fsp3) is 0.182. The molecule has 3 aromatic rings. The fourth-order valence-corrected chi connectivity index (χ4v) is 2.64. The Kier molecular flexibility index (Phi) is 9.23. The molecule has 0 saturated carbocycles. The highest BCUT2D eigenvalue weighted by atomic mass is 127. The average molecular weight is 504 g/mol. The lowest BCUT2D eigenvalue weighted by molar-refractivity contribution is 0.0996. The number of anilines is 1. The number of hydrogen-bond donors (Lipinski definition) is 3. The van der Waals surface area contributed by atoms with Crippen LogP contribution in [0.5, 0.6) is 0 Å². The molecule has 0 bridgehead atoms. The van der Waals surface area contributed by atoms with Crippen molar-refractivity contribution in [2.24, 2.45) is 4.99 Å². The zero-order valence-corrected chi connectivity index (χ0v) is 18.6. The molecule has 0 aliphatic carbocycles. The molecule has 0 atom stereocenters. The third-order valence-electron chi connectivity index (χ3n) is 4.00. The fourth-order valence-electron chi connectivity index (χ4n) is 2.64. The molecule has 1 amide bonds. The molecule has 3 rings (SSSR count). The van der Waals surface area contributed by atoms with Crippen molar-refractivity contribution in [1.82, 2.24) is 10.6 Å². The summed E-state index contributed by atoms with van der Waals surface area (Å²) >= 11 is 0. The summed E-state index contributed by atoms with van der Waals surface area (Å²) in [5.74, 6) is 0.753. The topological polar surface area (TPSA) is 78.7 Å². The molecular weight excluding hydrogens is 479 g/mol. The molecule has 6 nitrogen and oxygen atoms in total. The van der Waals surface area contributed by atoms with Crippen molar-refractivity contribution in [3.8, 4) is 0 Å². The zero-order valence-electron chi connectivity index (χ0n) is 16.2. The van der Waals surface area contributed by atoms with E-state index in [1.807, 2.05) is 49.4 Å². The first-order valence-corrected chi connectivity index (χ1v) is 9.24. The molecule has 2 aromatic carbocycles. The van der Waals surface area contributed by atoms with E-state index in [9.17, 15) is 4.79 Å². The minimum absolute atomic E-state index is 0. The molecule has 0 fully saturated rings. The quantitative estimate of drug-likeness (QED) is 0.253. The van der Waals surface area contributed by atoms with Crippen LogP contribution in [-0.4, -0.2) is 18.4 Å². The molecule has 0 spiro atoms. The Morgan fingerprint density at radius 2 is 1.76 bits per heavy atom. The predicted octanol–water partition coefficient (Wildman–Crippen LogP) is 4.41. The van der Waals surface area contributed by atoms with Crippen LogP contribution in [-0.2, 0) is 13.1 Å². The molecule has 29 heavy (non-hydrogen) atoms. The van der Waals surface area contributed by atoms with Crippen molar-refractivity contribution in [2.45, 2.75) is 20.0 Å². The smallest absolute Gasteiger partial charge is 0.291 e. The van der Waals surface area contributed by atoms with E-state index >= 15 is 0 Å². The van der Waals surface area contributed by atoms with Gasteiger partial charge in [-0.2, -0.15) is 0 Å². The van der Waals surface area contributed by atoms with Gasteiger partial charge in [0.25, 0.3) is 5.91 Å². The van der Waals surface area contributed by atoms with Gasteiger partial charge >= 0.3 is 0 Å². The van der Waals surface area contributed by atoms with Crippen molar-refractivity contribution in [3.63, 3.8) is 0 Å². The Balaban J connectivity index is 0.00000300. The number of nitrogens with one attached hydrogen (secondary N) is 3. The number of benzene rings is 2. The maximum atomic E-state index is 12.1. The second-order valence-corrected chi connectivity index (χ2v) is 6.17. The van der Waals surface area contributed by atoms with E-state index in [4.69, 9.17) is 4.42 Å². The van der Waals surface area contributed by atoms with Crippen molar-refractivity contribution in [3.05, 3.63) is 89.9 Å². The summed E-state index contributed by atoms with van der Waals surface area (Å²) in [7, 11) is 0. The number of amides is 1. The Labute approximate surface area is 187 Å². The molecule has 0 unspecified atom stereocenters. The van der Waals surface area contributed by atoms with Gasteiger partial charge in [0.1, 0.15) is 0 Å². The number of hydrogen-bond acceptors (Lipinski definition) is 3. The number of halogens is 1. The second kappa shape index (κ2) is 11.9. The molecule has 1 aromatic heterocycles. The Morgan fingerprint density at radius 3 is 2.48 bits per heavy atom. The first kappa shape index (κ1) is 22.5.